The van der Waals surface area contributed by atoms with E-state index in [1.807, 2.05) is 36.1 Å². The van der Waals surface area contributed by atoms with Gasteiger partial charge < -0.3 is 14.5 Å². The zero-order valence-corrected chi connectivity index (χ0v) is 17.9. The number of hydrogen-bond acceptors (Lipinski definition) is 4. The van der Waals surface area contributed by atoms with Crippen LogP contribution in [0, 0.1) is 0 Å². The highest BCUT2D eigenvalue weighted by atomic mass is 32.1. The third-order valence-electron chi connectivity index (χ3n) is 5.21. The van der Waals surface area contributed by atoms with Crippen LogP contribution in [-0.4, -0.2) is 48.4 Å². The fourth-order valence-electron chi connectivity index (χ4n) is 3.77. The molecule has 0 saturated carbocycles. The van der Waals surface area contributed by atoms with Crippen molar-refractivity contribution in [1.29, 1.82) is 0 Å². The smallest absolute Gasteiger partial charge is 0.243 e. The lowest BCUT2D eigenvalue weighted by Gasteiger charge is -2.37. The number of nitrogens with zero attached hydrogens (tertiary/aromatic N) is 2. The SMILES string of the molecule is C=CCN(CC(=O)N1CCc2sccc2[C@H]1c1ccc(OC)cc1)C(=O)CCC. The number of ether oxygens (including phenoxy) is 1. The molecule has 0 N–H and O–H groups in total. The first kappa shape index (κ1) is 21.1. The molecule has 1 aliphatic heterocycles. The minimum absolute atomic E-state index is 0.00465. The number of thiophene rings is 1. The van der Waals surface area contributed by atoms with Gasteiger partial charge in [-0.05, 0) is 47.5 Å². The third kappa shape index (κ3) is 4.70. The molecule has 0 unspecified atom stereocenters. The van der Waals surface area contributed by atoms with Crippen molar-refractivity contribution in [3.8, 4) is 5.75 Å². The van der Waals surface area contributed by atoms with E-state index in [0.717, 1.165) is 24.2 Å². The molecule has 2 heterocycles. The van der Waals surface area contributed by atoms with Crippen molar-refractivity contribution in [2.45, 2.75) is 32.2 Å². The maximum absolute atomic E-state index is 13.3. The quantitative estimate of drug-likeness (QED) is 0.615. The van der Waals surface area contributed by atoms with Crippen molar-refractivity contribution >= 4 is 23.2 Å². The van der Waals surface area contributed by atoms with Crippen LogP contribution in [0.2, 0.25) is 0 Å². The summed E-state index contributed by atoms with van der Waals surface area (Å²) in [6, 6.07) is 9.84. The van der Waals surface area contributed by atoms with Gasteiger partial charge in [-0.2, -0.15) is 0 Å². The van der Waals surface area contributed by atoms with Gasteiger partial charge in [0.15, 0.2) is 0 Å². The maximum atomic E-state index is 13.3. The molecular formula is C23H28N2O3S. The van der Waals surface area contributed by atoms with E-state index in [1.54, 1.807) is 29.4 Å². The highest BCUT2D eigenvalue weighted by Crippen LogP contribution is 2.38. The molecule has 2 amide bonds. The lowest BCUT2D eigenvalue weighted by molar-refractivity contribution is -0.141. The number of hydrogen-bond donors (Lipinski definition) is 0. The van der Waals surface area contributed by atoms with E-state index in [0.29, 0.717) is 19.5 Å². The number of methoxy groups -OCH3 is 1. The fraction of sp³-hybridized carbons (Fsp3) is 0.391. The Morgan fingerprint density at radius 3 is 2.72 bits per heavy atom. The van der Waals surface area contributed by atoms with E-state index in [2.05, 4.69) is 18.0 Å². The highest BCUT2D eigenvalue weighted by Gasteiger charge is 2.33. The van der Waals surface area contributed by atoms with Crippen molar-refractivity contribution < 1.29 is 14.3 Å². The second-order valence-electron chi connectivity index (χ2n) is 7.12. The fourth-order valence-corrected chi connectivity index (χ4v) is 4.67. The van der Waals surface area contributed by atoms with Gasteiger partial charge in [-0.15, -0.1) is 17.9 Å². The van der Waals surface area contributed by atoms with Crippen LogP contribution >= 0.6 is 11.3 Å². The maximum Gasteiger partial charge on any atom is 0.243 e. The zero-order chi connectivity index (χ0) is 20.8. The number of benzene rings is 1. The predicted octanol–water partition coefficient (Wildman–Crippen LogP) is 4.05. The van der Waals surface area contributed by atoms with Gasteiger partial charge in [0.25, 0.3) is 0 Å². The molecule has 6 heteroatoms. The first-order valence-corrected chi connectivity index (χ1v) is 10.8. The molecule has 0 saturated heterocycles. The normalized spacial score (nSPS) is 15.5. The minimum atomic E-state index is -0.143. The highest BCUT2D eigenvalue weighted by molar-refractivity contribution is 7.10. The van der Waals surface area contributed by atoms with Crippen LogP contribution in [0.4, 0.5) is 0 Å². The monoisotopic (exact) mass is 412 g/mol. The summed E-state index contributed by atoms with van der Waals surface area (Å²) >= 11 is 1.74. The zero-order valence-electron chi connectivity index (χ0n) is 17.1. The average Bonchev–Trinajstić information content (AvgIpc) is 3.21. The molecule has 0 fully saturated rings. The topological polar surface area (TPSA) is 49.9 Å². The molecular weight excluding hydrogens is 384 g/mol. The lowest BCUT2D eigenvalue weighted by atomic mass is 9.93. The van der Waals surface area contributed by atoms with Gasteiger partial charge >= 0.3 is 0 Å². The molecule has 3 rings (SSSR count). The summed E-state index contributed by atoms with van der Waals surface area (Å²) in [4.78, 5) is 30.6. The predicted molar refractivity (Wildman–Crippen MR) is 116 cm³/mol. The Balaban J connectivity index is 1.88. The molecule has 1 aromatic carbocycles. The first-order chi connectivity index (χ1) is 14.1. The van der Waals surface area contributed by atoms with Crippen molar-refractivity contribution in [1.82, 2.24) is 9.80 Å². The van der Waals surface area contributed by atoms with Crippen molar-refractivity contribution in [2.75, 3.05) is 26.7 Å². The summed E-state index contributed by atoms with van der Waals surface area (Å²) in [7, 11) is 1.64. The van der Waals surface area contributed by atoms with Gasteiger partial charge in [-0.1, -0.05) is 25.1 Å². The van der Waals surface area contributed by atoms with Gasteiger partial charge in [-0.25, -0.2) is 0 Å². The van der Waals surface area contributed by atoms with Crippen molar-refractivity contribution in [2.24, 2.45) is 0 Å². The van der Waals surface area contributed by atoms with E-state index in [4.69, 9.17) is 4.74 Å². The van der Waals surface area contributed by atoms with E-state index in [1.165, 1.54) is 10.4 Å². The second kappa shape index (κ2) is 9.74. The van der Waals surface area contributed by atoms with Gasteiger partial charge in [0.1, 0.15) is 12.3 Å². The summed E-state index contributed by atoms with van der Waals surface area (Å²) in [5.41, 5.74) is 2.23. The van der Waals surface area contributed by atoms with Gasteiger partial charge in [-0.3, -0.25) is 9.59 Å². The van der Waals surface area contributed by atoms with Crippen molar-refractivity contribution in [3.63, 3.8) is 0 Å². The van der Waals surface area contributed by atoms with E-state index in [9.17, 15) is 9.59 Å². The number of amides is 2. The molecule has 0 bridgehead atoms. The Labute approximate surface area is 176 Å². The van der Waals surface area contributed by atoms with Gasteiger partial charge in [0.2, 0.25) is 11.8 Å². The largest absolute Gasteiger partial charge is 0.497 e. The van der Waals surface area contributed by atoms with Gasteiger partial charge in [0, 0.05) is 24.4 Å². The summed E-state index contributed by atoms with van der Waals surface area (Å²) in [5, 5.41) is 2.09. The minimum Gasteiger partial charge on any atom is -0.497 e. The molecule has 2 aromatic rings. The second-order valence-corrected chi connectivity index (χ2v) is 8.13. The van der Waals surface area contributed by atoms with Crippen LogP contribution in [0.25, 0.3) is 0 Å². The van der Waals surface area contributed by atoms with Crippen LogP contribution in [-0.2, 0) is 16.0 Å². The Bertz CT molecular complexity index is 859. The number of carbonyl (C=O) groups excluding carboxylic acids is 2. The molecule has 1 atom stereocenters. The Kier molecular flexibility index (Phi) is 7.09. The molecule has 1 aromatic heterocycles. The molecule has 1 aliphatic rings. The van der Waals surface area contributed by atoms with E-state index < -0.39 is 0 Å². The molecule has 5 nitrogen and oxygen atoms in total. The van der Waals surface area contributed by atoms with Crippen LogP contribution in [0.1, 0.15) is 41.8 Å². The van der Waals surface area contributed by atoms with Gasteiger partial charge in [0.05, 0.1) is 13.2 Å². The molecule has 0 aliphatic carbocycles. The standard InChI is InChI=1S/C23H28N2O3S/c1-4-6-21(26)24(13-5-2)16-22(27)25-14-11-20-19(12-15-29-20)23(25)17-7-9-18(28-3)10-8-17/h5,7-10,12,15,23H,2,4,6,11,13-14,16H2,1,3H3/t23-/m1/s1. The van der Waals surface area contributed by atoms with Crippen LogP contribution in [0.5, 0.6) is 5.75 Å². The Morgan fingerprint density at radius 1 is 1.31 bits per heavy atom. The van der Waals surface area contributed by atoms with Crippen molar-refractivity contribution in [3.05, 3.63) is 64.4 Å². The molecule has 0 radical (unpaired) electrons. The van der Waals surface area contributed by atoms with Crippen LogP contribution in [0.15, 0.2) is 48.4 Å². The summed E-state index contributed by atoms with van der Waals surface area (Å²) < 4.78 is 5.28. The molecule has 29 heavy (non-hydrogen) atoms. The number of fused-ring (bicyclic) bond motifs is 1. The van der Waals surface area contributed by atoms with E-state index >= 15 is 0 Å². The van der Waals surface area contributed by atoms with Crippen LogP contribution in [0.3, 0.4) is 0 Å². The summed E-state index contributed by atoms with van der Waals surface area (Å²) in [6.07, 6.45) is 3.72. The first-order valence-electron chi connectivity index (χ1n) is 9.97. The Morgan fingerprint density at radius 2 is 2.07 bits per heavy atom. The third-order valence-corrected chi connectivity index (χ3v) is 6.21. The van der Waals surface area contributed by atoms with Crippen LogP contribution < -0.4 is 4.74 Å². The molecule has 154 valence electrons. The Hall–Kier alpha value is -2.60. The number of carbonyl (C=O) groups is 2. The summed E-state index contributed by atoms with van der Waals surface area (Å²) in [5.74, 6) is 0.749. The van der Waals surface area contributed by atoms with E-state index in [-0.39, 0.29) is 24.4 Å². The number of rotatable bonds is 8. The summed E-state index contributed by atoms with van der Waals surface area (Å²) in [6.45, 7) is 6.81. The lowest BCUT2D eigenvalue weighted by Crippen LogP contribution is -2.46. The molecule has 0 spiro atoms. The average molecular weight is 413 g/mol.